The quantitative estimate of drug-likeness (QED) is 0.466. The molecule has 1 fully saturated rings. The fourth-order valence-electron chi connectivity index (χ4n) is 3.53. The normalized spacial score (nSPS) is 16.2. The van der Waals surface area contributed by atoms with Crippen molar-refractivity contribution in [2.24, 2.45) is 0 Å². The third kappa shape index (κ3) is 4.80. The zero-order valence-corrected chi connectivity index (χ0v) is 18.2. The molecule has 0 radical (unpaired) electrons. The van der Waals surface area contributed by atoms with Gasteiger partial charge in [0.1, 0.15) is 12.4 Å². The number of carbonyl (C=O) groups is 2. The van der Waals surface area contributed by atoms with Gasteiger partial charge in [0.05, 0.1) is 19.8 Å². The lowest BCUT2D eigenvalue weighted by Crippen LogP contribution is -2.49. The van der Waals surface area contributed by atoms with Crippen LogP contribution in [0, 0.1) is 6.92 Å². The summed E-state index contributed by atoms with van der Waals surface area (Å²) >= 11 is 0. The van der Waals surface area contributed by atoms with Crippen LogP contribution < -0.4 is 4.74 Å². The van der Waals surface area contributed by atoms with Gasteiger partial charge >= 0.3 is 11.9 Å². The highest BCUT2D eigenvalue weighted by molar-refractivity contribution is 6.09. The molecule has 164 valence electrons. The lowest BCUT2D eigenvalue weighted by atomic mass is 9.91. The summed E-state index contributed by atoms with van der Waals surface area (Å²) in [5.74, 6) is -0.863. The summed E-state index contributed by atoms with van der Waals surface area (Å²) in [4.78, 5) is 25.6. The average Bonchev–Trinajstić information content (AvgIpc) is 3.19. The van der Waals surface area contributed by atoms with Gasteiger partial charge in [-0.25, -0.2) is 9.59 Å². The van der Waals surface area contributed by atoms with Crippen molar-refractivity contribution in [3.05, 3.63) is 70.8 Å². The van der Waals surface area contributed by atoms with Crippen molar-refractivity contribution in [1.82, 2.24) is 0 Å². The fraction of sp³-hybridized carbons (Fsp3) is 0.360. The number of aryl methyl sites for hydroxylation is 1. The summed E-state index contributed by atoms with van der Waals surface area (Å²) < 4.78 is 22.1. The van der Waals surface area contributed by atoms with E-state index in [1.807, 2.05) is 55.5 Å². The van der Waals surface area contributed by atoms with Crippen LogP contribution in [0.1, 0.15) is 37.0 Å². The number of benzene rings is 2. The third-order valence-electron chi connectivity index (χ3n) is 5.16. The number of hydrogen-bond acceptors (Lipinski definition) is 6. The predicted molar refractivity (Wildman–Crippen MR) is 116 cm³/mol. The van der Waals surface area contributed by atoms with E-state index in [0.717, 1.165) is 16.7 Å². The Morgan fingerprint density at radius 2 is 1.65 bits per heavy atom. The highest BCUT2D eigenvalue weighted by Crippen LogP contribution is 2.37. The molecule has 0 N–H and O–H groups in total. The largest absolute Gasteiger partial charge is 0.488 e. The number of carbonyl (C=O) groups excluding carboxylic acids is 2. The Morgan fingerprint density at radius 1 is 1.00 bits per heavy atom. The van der Waals surface area contributed by atoms with Crippen molar-refractivity contribution in [3.8, 4) is 5.75 Å². The second-order valence-corrected chi connectivity index (χ2v) is 7.14. The SMILES string of the molecule is CCOC(=O)C1(C(=O)OCC)OCC/C1=C\c1ccccc1OCc1ccccc1C. The second-order valence-electron chi connectivity index (χ2n) is 7.14. The predicted octanol–water partition coefficient (Wildman–Crippen LogP) is 4.24. The van der Waals surface area contributed by atoms with E-state index >= 15 is 0 Å². The molecule has 1 aliphatic heterocycles. The molecule has 1 aliphatic rings. The molecule has 0 saturated carbocycles. The van der Waals surface area contributed by atoms with Crippen LogP contribution >= 0.6 is 0 Å². The molecule has 3 rings (SSSR count). The van der Waals surface area contributed by atoms with Crippen molar-refractivity contribution in [2.75, 3.05) is 19.8 Å². The topological polar surface area (TPSA) is 71.1 Å². The highest BCUT2D eigenvalue weighted by Gasteiger charge is 2.56. The van der Waals surface area contributed by atoms with Gasteiger partial charge in [-0.2, -0.15) is 0 Å². The average molecular weight is 424 g/mol. The van der Waals surface area contributed by atoms with Crippen LogP contribution in [-0.4, -0.2) is 37.4 Å². The van der Waals surface area contributed by atoms with Gasteiger partial charge in [-0.05, 0) is 56.0 Å². The van der Waals surface area contributed by atoms with E-state index in [1.165, 1.54) is 0 Å². The summed E-state index contributed by atoms with van der Waals surface area (Å²) in [7, 11) is 0. The molecule has 6 nitrogen and oxygen atoms in total. The summed E-state index contributed by atoms with van der Waals surface area (Å²) in [6, 6.07) is 15.5. The minimum atomic E-state index is -1.88. The number of rotatable bonds is 8. The molecule has 0 aromatic heterocycles. The maximum absolute atomic E-state index is 12.8. The Balaban J connectivity index is 1.94. The van der Waals surface area contributed by atoms with Crippen molar-refractivity contribution < 1.29 is 28.5 Å². The Kier molecular flexibility index (Phi) is 7.47. The first-order chi connectivity index (χ1) is 15.0. The molecule has 2 aromatic rings. The van der Waals surface area contributed by atoms with Crippen LogP contribution in [0.3, 0.4) is 0 Å². The molecule has 0 amide bonds. The first-order valence-electron chi connectivity index (χ1n) is 10.5. The molecule has 1 saturated heterocycles. The zero-order chi connectivity index (χ0) is 22.3. The van der Waals surface area contributed by atoms with Crippen LogP contribution in [0.5, 0.6) is 5.75 Å². The number of esters is 2. The first kappa shape index (κ1) is 22.6. The summed E-state index contributed by atoms with van der Waals surface area (Å²) in [5, 5.41) is 0. The van der Waals surface area contributed by atoms with E-state index in [2.05, 4.69) is 0 Å². The molecule has 0 bridgehead atoms. The van der Waals surface area contributed by atoms with Gasteiger partial charge in [0, 0.05) is 5.56 Å². The Bertz CT molecular complexity index is 944. The van der Waals surface area contributed by atoms with Gasteiger partial charge in [0.25, 0.3) is 5.60 Å². The van der Waals surface area contributed by atoms with Crippen LogP contribution in [0.25, 0.3) is 6.08 Å². The highest BCUT2D eigenvalue weighted by atomic mass is 16.6. The van der Waals surface area contributed by atoms with Gasteiger partial charge in [-0.3, -0.25) is 0 Å². The van der Waals surface area contributed by atoms with Crippen molar-refractivity contribution >= 4 is 18.0 Å². The molecule has 2 aromatic carbocycles. The Hall–Kier alpha value is -3.12. The number of para-hydroxylation sites is 1. The van der Waals surface area contributed by atoms with E-state index < -0.39 is 17.5 Å². The molecule has 31 heavy (non-hydrogen) atoms. The molecular formula is C25H28O6. The number of hydrogen-bond donors (Lipinski definition) is 0. The third-order valence-corrected chi connectivity index (χ3v) is 5.16. The molecule has 0 atom stereocenters. The first-order valence-corrected chi connectivity index (χ1v) is 10.5. The monoisotopic (exact) mass is 424 g/mol. The minimum absolute atomic E-state index is 0.132. The number of ether oxygens (including phenoxy) is 4. The van der Waals surface area contributed by atoms with Crippen LogP contribution in [0.15, 0.2) is 54.1 Å². The lowest BCUT2D eigenvalue weighted by molar-refractivity contribution is -0.180. The van der Waals surface area contributed by atoms with Crippen LogP contribution in [0.4, 0.5) is 0 Å². The maximum atomic E-state index is 12.8. The Morgan fingerprint density at radius 3 is 2.32 bits per heavy atom. The van der Waals surface area contributed by atoms with Crippen LogP contribution in [0.2, 0.25) is 0 Å². The molecule has 0 aliphatic carbocycles. The maximum Gasteiger partial charge on any atom is 0.354 e. The molecule has 0 spiro atoms. The zero-order valence-electron chi connectivity index (χ0n) is 18.2. The van der Waals surface area contributed by atoms with Crippen molar-refractivity contribution in [2.45, 2.75) is 39.4 Å². The second kappa shape index (κ2) is 10.3. The molecule has 6 heteroatoms. The van der Waals surface area contributed by atoms with Crippen LogP contribution in [-0.2, 0) is 30.4 Å². The van der Waals surface area contributed by atoms with Gasteiger partial charge in [-0.15, -0.1) is 0 Å². The smallest absolute Gasteiger partial charge is 0.354 e. The van der Waals surface area contributed by atoms with Gasteiger partial charge in [0.15, 0.2) is 0 Å². The molecular weight excluding hydrogens is 396 g/mol. The summed E-state index contributed by atoms with van der Waals surface area (Å²) in [5.41, 5.74) is 1.59. The molecule has 1 heterocycles. The van der Waals surface area contributed by atoms with Gasteiger partial charge in [0.2, 0.25) is 0 Å². The minimum Gasteiger partial charge on any atom is -0.488 e. The molecule has 0 unspecified atom stereocenters. The standard InChI is InChI=1S/C25H28O6/c1-4-28-23(26)25(24(27)29-5-2)21(14-15-31-25)16-19-11-8-9-13-22(19)30-17-20-12-7-6-10-18(20)3/h6-13,16H,4-5,14-15,17H2,1-3H3/b21-16+. The fourth-order valence-corrected chi connectivity index (χ4v) is 3.53. The summed E-state index contributed by atoms with van der Waals surface area (Å²) in [6.45, 7) is 6.29. The van der Waals surface area contributed by atoms with E-state index in [1.54, 1.807) is 19.9 Å². The van der Waals surface area contributed by atoms with E-state index in [4.69, 9.17) is 18.9 Å². The van der Waals surface area contributed by atoms with Crippen molar-refractivity contribution in [1.29, 1.82) is 0 Å². The lowest BCUT2D eigenvalue weighted by Gasteiger charge is -2.25. The van der Waals surface area contributed by atoms with E-state index in [-0.39, 0.29) is 19.8 Å². The van der Waals surface area contributed by atoms with Crippen molar-refractivity contribution in [3.63, 3.8) is 0 Å². The Labute approximate surface area is 182 Å². The summed E-state index contributed by atoms with van der Waals surface area (Å²) in [6.07, 6.45) is 2.18. The van der Waals surface area contributed by atoms with Gasteiger partial charge in [-0.1, -0.05) is 42.5 Å². The van der Waals surface area contributed by atoms with E-state index in [0.29, 0.717) is 24.4 Å². The van der Waals surface area contributed by atoms with Gasteiger partial charge < -0.3 is 18.9 Å². The van der Waals surface area contributed by atoms with E-state index in [9.17, 15) is 9.59 Å².